The van der Waals surface area contributed by atoms with Crippen molar-refractivity contribution in [3.8, 4) is 0 Å². The third-order valence-corrected chi connectivity index (χ3v) is 5.79. The summed E-state index contributed by atoms with van der Waals surface area (Å²) in [5.74, 6) is 0.508. The molecule has 4 rings (SSSR count). The molecule has 0 saturated carbocycles. The number of benzene rings is 3. The molecule has 3 aromatic carbocycles. The summed E-state index contributed by atoms with van der Waals surface area (Å²) in [6, 6.07) is 17.0. The number of hydrogen-bond donors (Lipinski definition) is 0. The van der Waals surface area contributed by atoms with Crippen molar-refractivity contribution in [2.24, 2.45) is 0 Å². The van der Waals surface area contributed by atoms with E-state index in [2.05, 4.69) is 96.1 Å². The maximum absolute atomic E-state index is 4.29. The highest BCUT2D eigenvalue weighted by molar-refractivity contribution is 5.95. The van der Waals surface area contributed by atoms with Gasteiger partial charge in [0.15, 0.2) is 6.04 Å². The van der Waals surface area contributed by atoms with Gasteiger partial charge in [-0.2, -0.15) is 0 Å². The minimum Gasteiger partial charge on any atom is -0.243 e. The first kappa shape index (κ1) is 17.6. The smallest absolute Gasteiger partial charge is 0.159 e. The average Bonchev–Trinajstić information content (AvgIpc) is 2.63. The molecule has 0 fully saturated rings. The number of aryl methyl sites for hydroxylation is 2. The van der Waals surface area contributed by atoms with E-state index in [0.717, 1.165) is 0 Å². The van der Waals surface area contributed by atoms with Crippen molar-refractivity contribution in [3.63, 3.8) is 0 Å². The van der Waals surface area contributed by atoms with Crippen LogP contribution in [0.5, 0.6) is 0 Å². The molecule has 0 unspecified atom stereocenters. The van der Waals surface area contributed by atoms with Crippen molar-refractivity contribution in [2.75, 3.05) is 0 Å². The van der Waals surface area contributed by atoms with E-state index >= 15 is 0 Å². The molecule has 1 nitrogen and oxygen atoms in total. The van der Waals surface area contributed by atoms with Gasteiger partial charge >= 0.3 is 0 Å². The predicted molar refractivity (Wildman–Crippen MR) is 117 cm³/mol. The fourth-order valence-electron chi connectivity index (χ4n) is 4.27. The van der Waals surface area contributed by atoms with Gasteiger partial charge in [0.1, 0.15) is 6.20 Å². The second kappa shape index (κ2) is 6.42. The SMILES string of the molecule is C=[N+]1C=Cc2c(ccc3c(C(C)C)cccc23)[C-]1c1cc(C)cc(C)c1C. The second-order valence-corrected chi connectivity index (χ2v) is 8.01. The van der Waals surface area contributed by atoms with Crippen LogP contribution in [0.4, 0.5) is 0 Å². The zero-order chi connectivity index (χ0) is 19.3. The molecule has 0 radical (unpaired) electrons. The zero-order valence-corrected chi connectivity index (χ0v) is 16.9. The Hall–Kier alpha value is -2.80. The minimum atomic E-state index is 0.508. The third-order valence-electron chi connectivity index (χ3n) is 5.79. The molecule has 0 aromatic heterocycles. The van der Waals surface area contributed by atoms with Crippen molar-refractivity contribution in [1.29, 1.82) is 0 Å². The summed E-state index contributed by atoms with van der Waals surface area (Å²) in [4.78, 5) is 0. The Morgan fingerprint density at radius 1 is 0.926 bits per heavy atom. The predicted octanol–water partition coefficient (Wildman–Crippen LogP) is 6.51. The molecular formula is C26H27N. The molecule has 1 aliphatic rings. The first-order chi connectivity index (χ1) is 12.9. The first-order valence-corrected chi connectivity index (χ1v) is 9.67. The largest absolute Gasteiger partial charge is 0.243 e. The Balaban J connectivity index is 2.00. The van der Waals surface area contributed by atoms with Gasteiger partial charge in [-0.15, -0.1) is 0 Å². The van der Waals surface area contributed by atoms with Crippen LogP contribution in [-0.2, 0) is 0 Å². The van der Waals surface area contributed by atoms with Crippen molar-refractivity contribution < 1.29 is 4.58 Å². The van der Waals surface area contributed by atoms with Gasteiger partial charge in [-0.25, -0.2) is 4.58 Å². The number of rotatable bonds is 2. The standard InChI is InChI=1S/C26H27N/c1-16(2)20-8-7-9-21-22(20)10-11-24-23(21)12-13-27(6)26(24)25-15-17(3)14-18(4)19(25)5/h7-16H,6H2,1-5H3. The summed E-state index contributed by atoms with van der Waals surface area (Å²) in [5.41, 5.74) is 9.16. The highest BCUT2D eigenvalue weighted by Crippen LogP contribution is 2.39. The number of fused-ring (bicyclic) bond motifs is 3. The molecule has 0 saturated heterocycles. The van der Waals surface area contributed by atoms with Crippen LogP contribution in [0.25, 0.3) is 16.8 Å². The molecule has 0 bridgehead atoms. The van der Waals surface area contributed by atoms with Gasteiger partial charge in [-0.3, -0.25) is 0 Å². The van der Waals surface area contributed by atoms with Gasteiger partial charge < -0.3 is 0 Å². The van der Waals surface area contributed by atoms with Gasteiger partial charge in [0, 0.05) is 0 Å². The molecule has 1 heterocycles. The maximum atomic E-state index is 4.29. The Morgan fingerprint density at radius 3 is 2.44 bits per heavy atom. The van der Waals surface area contributed by atoms with Crippen LogP contribution in [0, 0.1) is 26.8 Å². The van der Waals surface area contributed by atoms with Gasteiger partial charge in [0.25, 0.3) is 0 Å². The van der Waals surface area contributed by atoms with Gasteiger partial charge in [-0.1, -0.05) is 79.9 Å². The molecule has 1 aliphatic heterocycles. The lowest BCUT2D eigenvalue weighted by Crippen LogP contribution is -2.20. The topological polar surface area (TPSA) is 3.01 Å². The van der Waals surface area contributed by atoms with E-state index < -0.39 is 0 Å². The Labute approximate surface area is 162 Å². The first-order valence-electron chi connectivity index (χ1n) is 9.67. The molecule has 27 heavy (non-hydrogen) atoms. The molecular weight excluding hydrogens is 326 g/mol. The van der Waals surface area contributed by atoms with Crippen molar-refractivity contribution in [2.45, 2.75) is 40.5 Å². The summed E-state index contributed by atoms with van der Waals surface area (Å²) in [6.07, 6.45) is 4.30. The lowest BCUT2D eigenvalue weighted by atomic mass is 9.84. The Kier molecular flexibility index (Phi) is 4.19. The molecule has 0 atom stereocenters. The van der Waals surface area contributed by atoms with Crippen molar-refractivity contribution in [1.82, 2.24) is 0 Å². The molecule has 1 heteroatoms. The fraction of sp³-hybridized carbons (Fsp3) is 0.231. The Morgan fingerprint density at radius 2 is 1.70 bits per heavy atom. The van der Waals surface area contributed by atoms with E-state index in [1.165, 1.54) is 55.8 Å². The summed E-state index contributed by atoms with van der Waals surface area (Å²) in [6.45, 7) is 15.4. The van der Waals surface area contributed by atoms with Crippen LogP contribution in [0.3, 0.4) is 0 Å². The molecule has 3 aromatic rings. The molecule has 136 valence electrons. The normalized spacial score (nSPS) is 13.6. The Bertz CT molecular complexity index is 1100. The fourth-order valence-corrected chi connectivity index (χ4v) is 4.27. The highest BCUT2D eigenvalue weighted by Gasteiger charge is 2.27. The van der Waals surface area contributed by atoms with Gasteiger partial charge in [0.2, 0.25) is 0 Å². The van der Waals surface area contributed by atoms with Crippen molar-refractivity contribution in [3.05, 3.63) is 93.7 Å². The maximum Gasteiger partial charge on any atom is 0.159 e. The summed E-state index contributed by atoms with van der Waals surface area (Å²) >= 11 is 0. The minimum absolute atomic E-state index is 0.508. The van der Waals surface area contributed by atoms with Crippen LogP contribution in [-0.4, -0.2) is 11.3 Å². The van der Waals surface area contributed by atoms with E-state index in [9.17, 15) is 0 Å². The molecule has 0 amide bonds. The highest BCUT2D eigenvalue weighted by atomic mass is 15.0. The molecule has 0 N–H and O–H groups in total. The van der Waals surface area contributed by atoms with Crippen LogP contribution in [0.2, 0.25) is 0 Å². The molecule has 0 spiro atoms. The number of hydrogen-bond acceptors (Lipinski definition) is 0. The average molecular weight is 354 g/mol. The lowest BCUT2D eigenvalue weighted by Gasteiger charge is -2.28. The van der Waals surface area contributed by atoms with Crippen LogP contribution < -0.4 is 0 Å². The van der Waals surface area contributed by atoms with Gasteiger partial charge in [-0.05, 0) is 58.9 Å². The zero-order valence-electron chi connectivity index (χ0n) is 16.9. The van der Waals surface area contributed by atoms with E-state index in [1.54, 1.807) is 0 Å². The third kappa shape index (κ3) is 2.78. The van der Waals surface area contributed by atoms with Gasteiger partial charge in [0.05, 0.1) is 6.72 Å². The summed E-state index contributed by atoms with van der Waals surface area (Å²) in [7, 11) is 0. The molecule has 0 aliphatic carbocycles. The second-order valence-electron chi connectivity index (χ2n) is 8.01. The summed E-state index contributed by atoms with van der Waals surface area (Å²) in [5, 5.41) is 2.67. The van der Waals surface area contributed by atoms with E-state index in [4.69, 9.17) is 0 Å². The van der Waals surface area contributed by atoms with Crippen molar-refractivity contribution >= 4 is 23.6 Å². The van der Waals surface area contributed by atoms with E-state index in [1.807, 2.05) is 4.58 Å². The number of nitrogens with zero attached hydrogens (tertiary/aromatic N) is 1. The van der Waals surface area contributed by atoms with Crippen LogP contribution in [0.1, 0.15) is 58.7 Å². The monoisotopic (exact) mass is 353 g/mol. The lowest BCUT2D eigenvalue weighted by molar-refractivity contribution is -0.418. The quantitative estimate of drug-likeness (QED) is 0.365. The van der Waals surface area contributed by atoms with Crippen LogP contribution >= 0.6 is 0 Å². The van der Waals surface area contributed by atoms with E-state index in [-0.39, 0.29) is 0 Å². The van der Waals surface area contributed by atoms with E-state index in [0.29, 0.717) is 5.92 Å². The summed E-state index contributed by atoms with van der Waals surface area (Å²) < 4.78 is 2.02. The van der Waals surface area contributed by atoms with Crippen LogP contribution in [0.15, 0.2) is 48.7 Å².